The molecule has 3 aromatic rings. The van der Waals surface area contributed by atoms with Crippen molar-refractivity contribution in [2.24, 2.45) is 5.73 Å². The van der Waals surface area contributed by atoms with E-state index in [4.69, 9.17) is 10.5 Å². The third-order valence-corrected chi connectivity index (χ3v) is 4.50. The van der Waals surface area contributed by atoms with Gasteiger partial charge >= 0.3 is 0 Å². The minimum Gasteiger partial charge on any atom is -0.455 e. The molecule has 0 atom stereocenters. The van der Waals surface area contributed by atoms with E-state index in [2.05, 4.69) is 27.6 Å². The van der Waals surface area contributed by atoms with Crippen molar-refractivity contribution >= 4 is 49.9 Å². The molecule has 3 rings (SSSR count). The number of hydrogen-bond donors (Lipinski definition) is 1. The van der Waals surface area contributed by atoms with Gasteiger partial charge in [-0.25, -0.2) is 0 Å². The van der Waals surface area contributed by atoms with Crippen LogP contribution in [-0.4, -0.2) is 10.9 Å². The summed E-state index contributed by atoms with van der Waals surface area (Å²) >= 11 is 3.55. The van der Waals surface area contributed by atoms with Crippen molar-refractivity contribution in [3.63, 3.8) is 0 Å². The van der Waals surface area contributed by atoms with Gasteiger partial charge in [0.05, 0.1) is 15.8 Å². The number of benzene rings is 1. The highest BCUT2D eigenvalue weighted by Gasteiger charge is 2.11. The predicted octanol–water partition coefficient (Wildman–Crippen LogP) is 3.79. The van der Waals surface area contributed by atoms with Gasteiger partial charge in [-0.05, 0) is 52.9 Å². The number of pyridine rings is 1. The molecule has 0 fully saturated rings. The molecule has 0 aliphatic carbocycles. The molecule has 4 nitrogen and oxygen atoms in total. The maximum atomic E-state index is 11.2. The molecule has 0 saturated heterocycles. The van der Waals surface area contributed by atoms with Crippen LogP contribution in [0.2, 0.25) is 0 Å². The lowest BCUT2D eigenvalue weighted by Gasteiger charge is -2.06. The molecule has 0 aliphatic rings. The lowest BCUT2D eigenvalue weighted by molar-refractivity contribution is 0.100. The Morgan fingerprint density at radius 2 is 2.00 bits per heavy atom. The first-order valence-electron chi connectivity index (χ1n) is 5.74. The summed E-state index contributed by atoms with van der Waals surface area (Å²) in [4.78, 5) is 15.9. The fourth-order valence-corrected chi connectivity index (χ4v) is 3.03. The van der Waals surface area contributed by atoms with Crippen molar-refractivity contribution in [1.82, 2.24) is 4.98 Å². The number of thiophene rings is 1. The number of rotatable bonds is 3. The number of nitrogens with zero attached hydrogens (tertiary/aromatic N) is 1. The van der Waals surface area contributed by atoms with Crippen molar-refractivity contribution in [1.29, 1.82) is 0 Å². The summed E-state index contributed by atoms with van der Waals surface area (Å²) in [6.07, 6.45) is 3.34. The van der Waals surface area contributed by atoms with Gasteiger partial charge in [-0.1, -0.05) is 0 Å². The van der Waals surface area contributed by atoms with Crippen molar-refractivity contribution in [2.45, 2.75) is 0 Å². The number of primary amides is 1. The highest BCUT2D eigenvalue weighted by atomic mass is 125. The van der Waals surface area contributed by atoms with Gasteiger partial charge in [-0.3, -0.25) is 9.78 Å². The monoisotopic (exact) mass is 394 g/mol. The molecule has 0 aliphatic heterocycles. The number of carbonyl (C=O) groups is 1. The molecule has 6 heteroatoms. The first-order valence-corrected chi connectivity index (χ1v) is 7.64. The number of halogens is 1. The molecule has 1 amide bonds. The van der Waals surface area contributed by atoms with E-state index in [9.17, 15) is 4.79 Å². The van der Waals surface area contributed by atoms with Crippen molar-refractivity contribution < 1.29 is 9.53 Å². The Morgan fingerprint density at radius 1 is 1.25 bits per heavy atom. The molecule has 0 saturated carbocycles. The summed E-state index contributed by atoms with van der Waals surface area (Å²) in [5.74, 6) is 0.908. The number of carbonyl (C=O) groups excluding carboxylic acids is 1. The normalized spacial score (nSPS) is 10.7. The summed E-state index contributed by atoms with van der Waals surface area (Å²) in [6.45, 7) is 0. The first-order chi connectivity index (χ1) is 9.63. The average molecular weight is 394 g/mol. The zero-order valence-electron chi connectivity index (χ0n) is 10.2. The zero-order valence-corrected chi connectivity index (χ0v) is 13.1. The number of aromatic nitrogens is 1. The van der Waals surface area contributed by atoms with Gasteiger partial charge in [0.15, 0.2) is 5.75 Å². The second-order valence-corrected chi connectivity index (χ2v) is 6.41. The number of fused-ring (bicyclic) bond motifs is 1. The van der Waals surface area contributed by atoms with Crippen LogP contribution in [0.3, 0.4) is 0 Å². The van der Waals surface area contributed by atoms with E-state index >= 15 is 0 Å². The molecule has 0 radical (unpaired) electrons. The summed E-state index contributed by atoms with van der Waals surface area (Å²) in [5.41, 5.74) is 5.31. The topological polar surface area (TPSA) is 65.2 Å². The van der Waals surface area contributed by atoms with E-state index in [1.807, 2.05) is 24.3 Å². The molecule has 2 heterocycles. The Bertz CT molecular complexity index is 783. The van der Waals surface area contributed by atoms with E-state index in [0.29, 0.717) is 10.6 Å². The summed E-state index contributed by atoms with van der Waals surface area (Å²) < 4.78 is 7.84. The fraction of sp³-hybridized carbons (Fsp3) is 0. The van der Waals surface area contributed by atoms with E-state index in [1.54, 1.807) is 18.5 Å². The highest BCUT2D eigenvalue weighted by molar-refractivity contribution is 14.1. The molecule has 0 spiro atoms. The van der Waals surface area contributed by atoms with Crippen LogP contribution in [0.5, 0.6) is 11.5 Å². The van der Waals surface area contributed by atoms with E-state index < -0.39 is 5.91 Å². The van der Waals surface area contributed by atoms with Gasteiger partial charge in [-0.2, -0.15) is 0 Å². The summed E-state index contributed by atoms with van der Waals surface area (Å²) in [5, 5.41) is 0.845. The molecule has 1 aromatic carbocycles. The van der Waals surface area contributed by atoms with E-state index in [0.717, 1.165) is 19.4 Å². The molecule has 20 heavy (non-hydrogen) atoms. The van der Waals surface area contributed by atoms with Crippen LogP contribution in [0.4, 0.5) is 0 Å². The molecular formula is C14H9IN2O2S. The number of ether oxygens (including phenoxy) is 1. The van der Waals surface area contributed by atoms with Gasteiger partial charge in [-0.15, -0.1) is 11.3 Å². The van der Waals surface area contributed by atoms with Crippen molar-refractivity contribution in [3.8, 4) is 11.5 Å². The van der Waals surface area contributed by atoms with E-state index in [-0.39, 0.29) is 0 Å². The van der Waals surface area contributed by atoms with Crippen LogP contribution >= 0.6 is 33.9 Å². The molecular weight excluding hydrogens is 385 g/mol. The van der Waals surface area contributed by atoms with Crippen LogP contribution in [0.25, 0.3) is 10.1 Å². The lowest BCUT2D eigenvalue weighted by atomic mass is 10.3. The smallest absolute Gasteiger partial charge is 0.258 e. The van der Waals surface area contributed by atoms with Crippen molar-refractivity contribution in [2.75, 3.05) is 0 Å². The second kappa shape index (κ2) is 5.37. The van der Waals surface area contributed by atoms with Gasteiger partial charge < -0.3 is 10.5 Å². The fourth-order valence-electron chi connectivity index (χ4n) is 1.77. The van der Waals surface area contributed by atoms with Gasteiger partial charge in [0.1, 0.15) is 5.75 Å². The Hall–Kier alpha value is -1.67. The zero-order chi connectivity index (χ0) is 14.1. The molecule has 0 bridgehead atoms. The Labute approximate surface area is 132 Å². The minimum atomic E-state index is -0.439. The van der Waals surface area contributed by atoms with Gasteiger partial charge in [0.2, 0.25) is 0 Å². The molecule has 2 aromatic heterocycles. The highest BCUT2D eigenvalue weighted by Crippen LogP contribution is 2.34. The predicted molar refractivity (Wildman–Crippen MR) is 87.4 cm³/mol. The molecule has 100 valence electrons. The first kappa shape index (κ1) is 13.3. The standard InChI is InChI=1S/C14H9IN2O2S/c15-8-1-3-9(4-2-8)19-11-6-17-7-13-10(11)5-12(20-13)14(16)18/h1-7H,(H2,16,18)/i15-2. The SMILES string of the molecule is NC(=O)c1cc2c(Oc3ccc([125I])cc3)cncc2s1. The van der Waals surface area contributed by atoms with Crippen LogP contribution in [-0.2, 0) is 0 Å². The maximum Gasteiger partial charge on any atom is 0.258 e. The van der Waals surface area contributed by atoms with Crippen LogP contribution in [0.15, 0.2) is 42.7 Å². The third-order valence-electron chi connectivity index (χ3n) is 2.69. The van der Waals surface area contributed by atoms with E-state index in [1.165, 1.54) is 11.3 Å². The number of hydrogen-bond acceptors (Lipinski definition) is 4. The van der Waals surface area contributed by atoms with Gasteiger partial charge in [0.25, 0.3) is 5.91 Å². The van der Waals surface area contributed by atoms with Crippen LogP contribution in [0.1, 0.15) is 9.67 Å². The lowest BCUT2D eigenvalue weighted by Crippen LogP contribution is -2.08. The second-order valence-electron chi connectivity index (χ2n) is 4.08. The van der Waals surface area contributed by atoms with Gasteiger partial charge in [0, 0.05) is 15.2 Å². The number of amides is 1. The average Bonchev–Trinajstić information content (AvgIpc) is 2.87. The van der Waals surface area contributed by atoms with Crippen LogP contribution < -0.4 is 10.5 Å². The quantitative estimate of drug-likeness (QED) is 0.688. The third kappa shape index (κ3) is 2.61. The molecule has 2 N–H and O–H groups in total. The largest absolute Gasteiger partial charge is 0.455 e. The Balaban J connectivity index is 2.02. The summed E-state index contributed by atoms with van der Waals surface area (Å²) in [6, 6.07) is 9.45. The minimum absolute atomic E-state index is 0.439. The summed E-state index contributed by atoms with van der Waals surface area (Å²) in [7, 11) is 0. The Kier molecular flexibility index (Phi) is 3.58. The van der Waals surface area contributed by atoms with Crippen molar-refractivity contribution in [3.05, 3.63) is 51.2 Å². The maximum absolute atomic E-state index is 11.2. The number of nitrogens with two attached hydrogens (primary N) is 1. The Morgan fingerprint density at radius 3 is 2.70 bits per heavy atom. The molecule has 0 unspecified atom stereocenters. The van der Waals surface area contributed by atoms with Crippen LogP contribution in [0, 0.1) is 3.57 Å².